The van der Waals surface area contributed by atoms with Gasteiger partial charge < -0.3 is 56.8 Å². The smallest absolute Gasteiger partial charge is 0.339 e. The number of hydrogen-bond acceptors (Lipinski definition) is 17. The molecule has 3 aromatic carbocycles. The molecule has 3 heterocycles. The Labute approximate surface area is 302 Å². The van der Waals surface area contributed by atoms with E-state index in [2.05, 4.69) is 0 Å². The molecule has 17 nitrogen and oxygen atoms in total. The van der Waals surface area contributed by atoms with Gasteiger partial charge in [0.05, 0.1) is 26.9 Å². The molecular weight excluding hydrogens is 704 g/mol. The van der Waals surface area contributed by atoms with E-state index in [4.69, 9.17) is 56.8 Å². The van der Waals surface area contributed by atoms with Gasteiger partial charge >= 0.3 is 29.8 Å². The van der Waals surface area contributed by atoms with Crippen molar-refractivity contribution < 1.29 is 80.8 Å². The van der Waals surface area contributed by atoms with Gasteiger partial charge in [-0.05, 0) is 23.6 Å². The van der Waals surface area contributed by atoms with Crippen molar-refractivity contribution in [1.29, 1.82) is 0 Å². The summed E-state index contributed by atoms with van der Waals surface area (Å²) in [6, 6.07) is 6.44. The molecule has 3 aliphatic heterocycles. The Kier molecular flexibility index (Phi) is 10.4. The SMILES string of the molecule is COc1cc2c(OC)c3c(c(-c4cc5c(cc4O[C@@H]4O[C@H](COC(C)=O)[C@@H](OC(C)=O)[C@H](OC(C)=O)[C@H]4OC(C)=O)OCO5)c2cc1OC)C(=O)OC3. The largest absolute Gasteiger partial charge is 0.496 e. The highest BCUT2D eigenvalue weighted by molar-refractivity contribution is 6.14. The summed E-state index contributed by atoms with van der Waals surface area (Å²) in [5.41, 5.74) is 1.19. The fraction of sp³-hybridized carbons (Fsp3) is 0.417. The molecule has 6 rings (SSSR count). The van der Waals surface area contributed by atoms with Gasteiger partial charge in [0.2, 0.25) is 19.2 Å². The van der Waals surface area contributed by atoms with E-state index in [9.17, 15) is 24.0 Å². The van der Waals surface area contributed by atoms with Crippen LogP contribution in [0.1, 0.15) is 43.6 Å². The fourth-order valence-electron chi connectivity index (χ4n) is 6.55. The molecule has 0 unspecified atom stereocenters. The molecule has 3 aromatic rings. The van der Waals surface area contributed by atoms with Crippen molar-refractivity contribution in [3.05, 3.63) is 35.4 Å². The monoisotopic (exact) mass is 740 g/mol. The van der Waals surface area contributed by atoms with Crippen molar-refractivity contribution in [3.63, 3.8) is 0 Å². The van der Waals surface area contributed by atoms with E-state index in [0.29, 0.717) is 44.9 Å². The average molecular weight is 741 g/mol. The van der Waals surface area contributed by atoms with Gasteiger partial charge in [0, 0.05) is 55.8 Å². The number of esters is 5. The summed E-state index contributed by atoms with van der Waals surface area (Å²) in [5, 5.41) is 0.996. The summed E-state index contributed by atoms with van der Waals surface area (Å²) in [6.45, 7) is 3.78. The molecule has 3 aliphatic rings. The Hall–Kier alpha value is -5.97. The topological polar surface area (TPSA) is 196 Å². The molecule has 0 radical (unpaired) electrons. The van der Waals surface area contributed by atoms with Crippen LogP contribution in [0.4, 0.5) is 0 Å². The highest BCUT2D eigenvalue weighted by Gasteiger charge is 2.53. The summed E-state index contributed by atoms with van der Waals surface area (Å²) < 4.78 is 68.6. The zero-order chi connectivity index (χ0) is 38.1. The molecule has 0 saturated carbocycles. The molecule has 5 atom stereocenters. The minimum Gasteiger partial charge on any atom is -0.496 e. The second-order valence-electron chi connectivity index (χ2n) is 12.0. The fourth-order valence-corrected chi connectivity index (χ4v) is 6.55. The molecule has 0 spiro atoms. The Morgan fingerprint density at radius 3 is 1.89 bits per heavy atom. The summed E-state index contributed by atoms with van der Waals surface area (Å²) in [7, 11) is 4.41. The minimum atomic E-state index is -1.62. The molecule has 53 heavy (non-hydrogen) atoms. The number of hydrogen-bond donors (Lipinski definition) is 0. The van der Waals surface area contributed by atoms with Crippen LogP contribution in [0.3, 0.4) is 0 Å². The highest BCUT2D eigenvalue weighted by Crippen LogP contribution is 2.52. The van der Waals surface area contributed by atoms with Crippen LogP contribution in [0.2, 0.25) is 0 Å². The lowest BCUT2D eigenvalue weighted by Gasteiger charge is -2.44. The number of rotatable bonds is 11. The molecule has 1 fully saturated rings. The number of fused-ring (bicyclic) bond motifs is 3. The van der Waals surface area contributed by atoms with Gasteiger partial charge in [-0.3, -0.25) is 19.2 Å². The van der Waals surface area contributed by atoms with Gasteiger partial charge in [-0.2, -0.15) is 0 Å². The Morgan fingerprint density at radius 1 is 0.679 bits per heavy atom. The third-order valence-corrected chi connectivity index (χ3v) is 8.55. The standard InChI is InChI=1S/C36H36O17/c1-15(37)45-13-28-32(49-16(2)38)33(50-17(3)39)34(51-18(4)40)36(53-28)52-23-11-27-26(47-14-48-27)10-21(23)29-19-8-24(42-5)25(43-6)9-20(19)31(44-7)22-12-46-35(41)30(22)29/h8-11,28,32-34,36H,12-14H2,1-7H3/t28-,32-,33+,34-,36-/m1/s1. The molecule has 17 heteroatoms. The average Bonchev–Trinajstić information content (AvgIpc) is 3.73. The second kappa shape index (κ2) is 14.9. The normalized spacial score (nSPS) is 21.2. The van der Waals surface area contributed by atoms with E-state index < -0.39 is 67.2 Å². The van der Waals surface area contributed by atoms with E-state index in [1.165, 1.54) is 27.4 Å². The maximum atomic E-state index is 13.6. The van der Waals surface area contributed by atoms with Crippen molar-refractivity contribution >= 4 is 40.6 Å². The first-order chi connectivity index (χ1) is 25.3. The van der Waals surface area contributed by atoms with Gasteiger partial charge in [-0.15, -0.1) is 0 Å². The lowest BCUT2D eigenvalue weighted by molar-refractivity contribution is -0.288. The van der Waals surface area contributed by atoms with Crippen LogP contribution in [0.25, 0.3) is 21.9 Å². The third-order valence-electron chi connectivity index (χ3n) is 8.55. The van der Waals surface area contributed by atoms with Crippen LogP contribution in [-0.4, -0.2) is 95.3 Å². The quantitative estimate of drug-likeness (QED) is 0.205. The summed E-state index contributed by atoms with van der Waals surface area (Å²) >= 11 is 0. The number of methoxy groups -OCH3 is 3. The van der Waals surface area contributed by atoms with Gasteiger partial charge in [-0.25, -0.2) is 4.79 Å². The van der Waals surface area contributed by atoms with Gasteiger partial charge in [0.1, 0.15) is 30.8 Å². The number of carbonyl (C=O) groups excluding carboxylic acids is 5. The lowest BCUT2D eigenvalue weighted by Crippen LogP contribution is -2.63. The molecule has 0 bridgehead atoms. The first-order valence-electron chi connectivity index (χ1n) is 16.2. The van der Waals surface area contributed by atoms with Gasteiger partial charge in [0.25, 0.3) is 0 Å². The number of benzene rings is 3. The zero-order valence-corrected chi connectivity index (χ0v) is 29.8. The van der Waals surface area contributed by atoms with E-state index >= 15 is 0 Å². The molecule has 0 amide bonds. The molecular formula is C36H36O17. The predicted octanol–water partition coefficient (Wildman–Crippen LogP) is 3.39. The van der Waals surface area contributed by atoms with E-state index in [1.807, 2.05) is 0 Å². The van der Waals surface area contributed by atoms with Crippen molar-refractivity contribution in [1.82, 2.24) is 0 Å². The van der Waals surface area contributed by atoms with Crippen molar-refractivity contribution in [3.8, 4) is 45.6 Å². The minimum absolute atomic E-state index is 0.0123. The molecule has 0 N–H and O–H groups in total. The maximum Gasteiger partial charge on any atom is 0.339 e. The van der Waals surface area contributed by atoms with Crippen LogP contribution in [-0.2, 0) is 54.2 Å². The lowest BCUT2D eigenvalue weighted by atomic mass is 9.88. The second-order valence-corrected chi connectivity index (χ2v) is 12.0. The summed E-state index contributed by atoms with van der Waals surface area (Å²) in [6.07, 6.45) is -7.38. The molecule has 0 aliphatic carbocycles. The molecule has 0 aromatic heterocycles. The number of carbonyl (C=O) groups is 5. The first kappa shape index (κ1) is 36.8. The molecule has 282 valence electrons. The van der Waals surface area contributed by atoms with E-state index in [1.54, 1.807) is 18.2 Å². The maximum absolute atomic E-state index is 13.6. The van der Waals surface area contributed by atoms with Crippen LogP contribution in [0, 0.1) is 0 Å². The first-order valence-corrected chi connectivity index (χ1v) is 16.2. The Balaban J connectivity index is 1.58. The van der Waals surface area contributed by atoms with Crippen molar-refractivity contribution in [2.45, 2.75) is 65.0 Å². The zero-order valence-electron chi connectivity index (χ0n) is 29.8. The number of cyclic esters (lactones) is 1. The van der Waals surface area contributed by atoms with E-state index in [0.717, 1.165) is 27.7 Å². The van der Waals surface area contributed by atoms with Gasteiger partial charge in [0.15, 0.2) is 35.2 Å². The van der Waals surface area contributed by atoms with Gasteiger partial charge in [-0.1, -0.05) is 0 Å². The summed E-state index contributed by atoms with van der Waals surface area (Å²) in [4.78, 5) is 62.6. The summed E-state index contributed by atoms with van der Waals surface area (Å²) in [5.74, 6) is -2.11. The van der Waals surface area contributed by atoms with Crippen LogP contribution in [0.15, 0.2) is 24.3 Å². The van der Waals surface area contributed by atoms with Crippen LogP contribution in [0.5, 0.6) is 34.5 Å². The van der Waals surface area contributed by atoms with Crippen molar-refractivity contribution in [2.75, 3.05) is 34.7 Å². The molecule has 1 saturated heterocycles. The third kappa shape index (κ3) is 7.11. The number of ether oxygens (including phenoxy) is 12. The highest BCUT2D eigenvalue weighted by atomic mass is 16.7. The Bertz CT molecular complexity index is 1990. The van der Waals surface area contributed by atoms with Crippen molar-refractivity contribution in [2.24, 2.45) is 0 Å². The van der Waals surface area contributed by atoms with E-state index in [-0.39, 0.29) is 36.0 Å². The van der Waals surface area contributed by atoms with Crippen LogP contribution < -0.4 is 28.4 Å². The predicted molar refractivity (Wildman–Crippen MR) is 177 cm³/mol. The Morgan fingerprint density at radius 2 is 1.28 bits per heavy atom. The van der Waals surface area contributed by atoms with Crippen LogP contribution >= 0.6 is 0 Å².